The van der Waals surface area contributed by atoms with Crippen molar-refractivity contribution in [1.82, 2.24) is 10.3 Å². The molecule has 1 heterocycles. The molecule has 0 unspecified atom stereocenters. The van der Waals surface area contributed by atoms with Crippen LogP contribution in [-0.4, -0.2) is 133 Å². The van der Waals surface area contributed by atoms with Crippen LogP contribution in [-0.2, 0) is 52.3 Å². The van der Waals surface area contributed by atoms with Gasteiger partial charge in [-0.3, -0.25) is 24.1 Å². The van der Waals surface area contributed by atoms with E-state index in [0.29, 0.717) is 76.6 Å². The van der Waals surface area contributed by atoms with E-state index in [2.05, 4.69) is 20.3 Å². The number of fused-ring (bicyclic) bond motifs is 1. The number of anilines is 1. The van der Waals surface area contributed by atoms with Crippen LogP contribution in [0.15, 0.2) is 84.1 Å². The molecule has 0 radical (unpaired) electrons. The van der Waals surface area contributed by atoms with E-state index in [0.717, 1.165) is 27.5 Å². The number of methoxy groups -OCH3 is 2. The summed E-state index contributed by atoms with van der Waals surface area (Å²) in [6.07, 6.45) is 0.318. The van der Waals surface area contributed by atoms with Gasteiger partial charge in [-0.05, 0) is 85.5 Å². The molecule has 4 aromatic rings. The molecule has 3 aromatic carbocycles. The third kappa shape index (κ3) is 19.8. The van der Waals surface area contributed by atoms with Crippen LogP contribution in [0.3, 0.4) is 0 Å². The highest BCUT2D eigenvalue weighted by molar-refractivity contribution is 6.00. The van der Waals surface area contributed by atoms with Crippen LogP contribution in [0.5, 0.6) is 5.75 Å². The number of Topliss-reactive ketones (excluding diaryl/α,β-unsaturated/α-hetero) is 1. The molecule has 0 fully saturated rings. The molecule has 0 aliphatic carbocycles. The summed E-state index contributed by atoms with van der Waals surface area (Å²) in [5, 5.41) is 7.95. The monoisotopic (exact) mass is 970 g/mol. The van der Waals surface area contributed by atoms with Crippen molar-refractivity contribution in [1.29, 1.82) is 0 Å². The molecule has 0 saturated carbocycles. The zero-order valence-electron chi connectivity index (χ0n) is 41.0. The summed E-state index contributed by atoms with van der Waals surface area (Å²) in [6, 6.07) is 21.6. The van der Waals surface area contributed by atoms with Gasteiger partial charge < -0.3 is 43.2 Å². The van der Waals surface area contributed by atoms with Gasteiger partial charge in [0.25, 0.3) is 0 Å². The Hall–Kier alpha value is -6.63. The van der Waals surface area contributed by atoms with Gasteiger partial charge in [-0.2, -0.15) is 0 Å². The third-order valence-electron chi connectivity index (χ3n) is 10.6. The average Bonchev–Trinajstić information content (AvgIpc) is 3.34. The Balaban J connectivity index is 1.35. The largest absolute Gasteiger partial charge is 0.491 e. The quantitative estimate of drug-likeness (QED) is 0.0126. The molecule has 0 aliphatic rings. The number of rotatable bonds is 31. The molecular formula is C51H66N6O13. The van der Waals surface area contributed by atoms with Gasteiger partial charge in [0, 0.05) is 48.3 Å². The van der Waals surface area contributed by atoms with Crippen LogP contribution in [0.4, 0.5) is 10.6 Å². The van der Waals surface area contributed by atoms with Crippen molar-refractivity contribution in [3.8, 4) is 16.9 Å². The molecule has 378 valence electrons. The molecule has 0 bridgehead atoms. The number of hydrogen-bond acceptors (Lipinski definition) is 15. The number of aryl methyl sites for hydroxylation is 1. The molecule has 1 N–H and O–H groups in total. The van der Waals surface area contributed by atoms with Gasteiger partial charge in [-0.25, -0.2) is 9.78 Å². The summed E-state index contributed by atoms with van der Waals surface area (Å²) in [7, 11) is 2.46. The number of ether oxygens (including phenoxy) is 8. The Kier molecular flexibility index (Phi) is 24.0. The van der Waals surface area contributed by atoms with Crippen molar-refractivity contribution < 1.29 is 61.9 Å². The number of azide groups is 1. The lowest BCUT2D eigenvalue weighted by molar-refractivity contribution is -0.144. The van der Waals surface area contributed by atoms with Crippen LogP contribution in [0.2, 0.25) is 0 Å². The van der Waals surface area contributed by atoms with Crippen molar-refractivity contribution >= 4 is 46.3 Å². The number of amides is 2. The summed E-state index contributed by atoms with van der Waals surface area (Å²) in [5.41, 5.74) is 10.9. The number of pyridine rings is 1. The maximum atomic E-state index is 14.0. The second-order valence-corrected chi connectivity index (χ2v) is 17.0. The Bertz CT molecular complexity index is 2350. The van der Waals surface area contributed by atoms with Crippen LogP contribution in [0.1, 0.15) is 69.9 Å². The predicted molar refractivity (Wildman–Crippen MR) is 262 cm³/mol. The number of esters is 2. The SMILES string of the molecule is COC(=O)C[C@H](CC(=O)[C@H](CC(=O)OC)NC(=O)CCCN(C(=O)OC(C)(C)C)c1cc(C)ccn1)c1ccc(-c2ccc(OCCOCCOCCOCCOCCN=[N+]=[N-])c3ccccc23)cc1. The van der Waals surface area contributed by atoms with Gasteiger partial charge in [-0.1, -0.05) is 59.7 Å². The molecule has 2 atom stereocenters. The molecule has 0 spiro atoms. The molecule has 19 nitrogen and oxygen atoms in total. The first-order valence-electron chi connectivity index (χ1n) is 23.2. The minimum atomic E-state index is -1.25. The fourth-order valence-electron chi connectivity index (χ4n) is 7.13. The maximum Gasteiger partial charge on any atom is 0.416 e. The fourth-order valence-corrected chi connectivity index (χ4v) is 7.13. The molecule has 70 heavy (non-hydrogen) atoms. The molecule has 1 aromatic heterocycles. The lowest BCUT2D eigenvalue weighted by Gasteiger charge is -2.27. The number of ketones is 1. The summed E-state index contributed by atoms with van der Waals surface area (Å²) in [4.78, 5) is 74.1. The van der Waals surface area contributed by atoms with Crippen molar-refractivity contribution in [2.24, 2.45) is 5.11 Å². The van der Waals surface area contributed by atoms with Crippen LogP contribution < -0.4 is 15.0 Å². The van der Waals surface area contributed by atoms with Gasteiger partial charge >= 0.3 is 18.0 Å². The van der Waals surface area contributed by atoms with E-state index in [1.807, 2.05) is 67.6 Å². The van der Waals surface area contributed by atoms with Gasteiger partial charge in [0.2, 0.25) is 5.91 Å². The third-order valence-corrected chi connectivity index (χ3v) is 10.6. The Labute approximate surface area is 409 Å². The first-order valence-corrected chi connectivity index (χ1v) is 23.2. The number of hydrogen-bond donors (Lipinski definition) is 1. The van der Waals surface area contributed by atoms with E-state index < -0.39 is 53.7 Å². The van der Waals surface area contributed by atoms with Crippen LogP contribution in [0.25, 0.3) is 32.3 Å². The van der Waals surface area contributed by atoms with E-state index in [1.165, 1.54) is 19.1 Å². The summed E-state index contributed by atoms with van der Waals surface area (Å²) in [6.45, 7) is 11.0. The van der Waals surface area contributed by atoms with Crippen LogP contribution in [0, 0.1) is 6.92 Å². The highest BCUT2D eigenvalue weighted by Gasteiger charge is 2.30. The van der Waals surface area contributed by atoms with Crippen LogP contribution >= 0.6 is 0 Å². The first kappa shape index (κ1) is 56.0. The minimum absolute atomic E-state index is 0.0872. The molecule has 2 amide bonds. The van der Waals surface area contributed by atoms with E-state index >= 15 is 0 Å². The Morgan fingerprint density at radius 1 is 0.757 bits per heavy atom. The number of benzene rings is 3. The molecule has 0 aliphatic heterocycles. The second kappa shape index (κ2) is 30.1. The smallest absolute Gasteiger partial charge is 0.416 e. The Morgan fingerprint density at radius 3 is 1.99 bits per heavy atom. The molecule has 19 heteroatoms. The second-order valence-electron chi connectivity index (χ2n) is 17.0. The average molecular weight is 971 g/mol. The van der Waals surface area contributed by atoms with Gasteiger partial charge in [0.15, 0.2) is 5.78 Å². The number of aromatic nitrogens is 1. The van der Waals surface area contributed by atoms with Crippen molar-refractivity contribution in [3.05, 3.63) is 101 Å². The topological polar surface area (TPSA) is 236 Å². The lowest BCUT2D eigenvalue weighted by Crippen LogP contribution is -2.43. The van der Waals surface area contributed by atoms with E-state index in [9.17, 15) is 24.0 Å². The van der Waals surface area contributed by atoms with Gasteiger partial charge in [-0.15, -0.1) is 0 Å². The normalized spacial score (nSPS) is 12.0. The zero-order chi connectivity index (χ0) is 50.7. The number of nitrogens with zero attached hydrogens (tertiary/aromatic N) is 5. The summed E-state index contributed by atoms with van der Waals surface area (Å²) in [5.74, 6) is -1.81. The fraction of sp³-hybridized carbons (Fsp3) is 0.490. The highest BCUT2D eigenvalue weighted by atomic mass is 16.6. The zero-order valence-corrected chi connectivity index (χ0v) is 41.0. The maximum absolute atomic E-state index is 14.0. The number of carbonyl (C=O) groups is 5. The van der Waals surface area contributed by atoms with Gasteiger partial charge in [0.05, 0.1) is 86.0 Å². The summed E-state index contributed by atoms with van der Waals surface area (Å²) >= 11 is 0. The van der Waals surface area contributed by atoms with Gasteiger partial charge in [0.1, 0.15) is 23.8 Å². The standard InChI is InChI=1S/C51H66N6O13/c1-36-19-20-53-46(32-36)57(50(62)70-51(2,3)4)22-9-12-47(59)55-43(35-49(61)64-6)44(58)33-39(34-48(60)63-5)37-13-15-38(16-14-37)40-17-18-45(42-11-8-7-10-41(40)42)69-31-30-68-29-28-67-27-26-66-25-24-65-23-21-54-56-52/h7-8,10-11,13-20,32,39,43H,9,12,21-31,33-35H2,1-6H3,(H,55,59)/t39-,43-/m0/s1. The lowest BCUT2D eigenvalue weighted by atomic mass is 9.87. The van der Waals surface area contributed by atoms with E-state index in [1.54, 1.807) is 39.1 Å². The van der Waals surface area contributed by atoms with Crippen molar-refractivity contribution in [2.45, 2.75) is 77.4 Å². The highest BCUT2D eigenvalue weighted by Crippen LogP contribution is 2.36. The first-order chi connectivity index (χ1) is 33.7. The van der Waals surface area contributed by atoms with E-state index in [-0.39, 0.29) is 38.8 Å². The molecule has 4 rings (SSSR count). The minimum Gasteiger partial charge on any atom is -0.491 e. The molecular weight excluding hydrogens is 905 g/mol. The molecule has 0 saturated heterocycles. The number of nitrogens with one attached hydrogen (secondary N) is 1. The number of carbonyl (C=O) groups excluding carboxylic acids is 5. The Morgan fingerprint density at radius 2 is 1.37 bits per heavy atom. The van der Waals surface area contributed by atoms with Crippen molar-refractivity contribution in [2.75, 3.05) is 91.7 Å². The predicted octanol–water partition coefficient (Wildman–Crippen LogP) is 7.84. The van der Waals surface area contributed by atoms with E-state index in [4.69, 9.17) is 43.4 Å². The van der Waals surface area contributed by atoms with Crippen molar-refractivity contribution in [3.63, 3.8) is 0 Å². The summed E-state index contributed by atoms with van der Waals surface area (Å²) < 4.78 is 43.6.